The Morgan fingerprint density at radius 3 is 2.41 bits per heavy atom. The van der Waals surface area contributed by atoms with Crippen LogP contribution < -0.4 is 10.0 Å². The van der Waals surface area contributed by atoms with Crippen LogP contribution in [0.4, 0.5) is 5.95 Å². The third-order valence-corrected chi connectivity index (χ3v) is 5.97. The van der Waals surface area contributed by atoms with Crippen molar-refractivity contribution in [2.24, 2.45) is 5.92 Å². The maximum atomic E-state index is 12.7. The molecule has 0 saturated carbocycles. The molecule has 1 aromatic heterocycles. The summed E-state index contributed by atoms with van der Waals surface area (Å²) in [6.07, 6.45) is 0. The molecule has 0 aliphatic heterocycles. The van der Waals surface area contributed by atoms with Gasteiger partial charge in [0, 0.05) is 4.47 Å². The topological polar surface area (TPSA) is 104 Å². The minimum atomic E-state index is -3.85. The normalized spacial score (nSPS) is 13.0. The van der Waals surface area contributed by atoms with Crippen molar-refractivity contribution in [3.63, 3.8) is 0 Å². The molecule has 0 radical (unpaired) electrons. The SMILES string of the molecule is CC(C)[C@H](NS(=O)(=O)c1ccc(Br)cc1)C(=O)Nc1nc2ccccc2[nH]1. The summed E-state index contributed by atoms with van der Waals surface area (Å²) in [6.45, 7) is 3.54. The fraction of sp³-hybridized carbons (Fsp3) is 0.222. The van der Waals surface area contributed by atoms with Crippen LogP contribution in [0.3, 0.4) is 0 Å². The van der Waals surface area contributed by atoms with Gasteiger partial charge in [0.05, 0.1) is 15.9 Å². The minimum Gasteiger partial charge on any atom is -0.324 e. The molecule has 1 heterocycles. The van der Waals surface area contributed by atoms with E-state index in [9.17, 15) is 13.2 Å². The van der Waals surface area contributed by atoms with Gasteiger partial charge in [-0.1, -0.05) is 41.9 Å². The second kappa shape index (κ2) is 7.79. The van der Waals surface area contributed by atoms with Gasteiger partial charge in [0.1, 0.15) is 6.04 Å². The number of H-pyrrole nitrogens is 1. The van der Waals surface area contributed by atoms with E-state index in [0.717, 1.165) is 9.99 Å². The van der Waals surface area contributed by atoms with Crippen LogP contribution in [0.2, 0.25) is 0 Å². The number of sulfonamides is 1. The average molecular weight is 451 g/mol. The van der Waals surface area contributed by atoms with E-state index in [0.29, 0.717) is 5.52 Å². The van der Waals surface area contributed by atoms with Crippen LogP contribution in [0.15, 0.2) is 57.9 Å². The Labute approximate surface area is 165 Å². The first kappa shape index (κ1) is 19.5. The van der Waals surface area contributed by atoms with E-state index in [1.807, 2.05) is 24.3 Å². The molecule has 2 aromatic carbocycles. The number of hydrogen-bond donors (Lipinski definition) is 3. The number of aromatic nitrogens is 2. The van der Waals surface area contributed by atoms with Crippen LogP contribution >= 0.6 is 15.9 Å². The summed E-state index contributed by atoms with van der Waals surface area (Å²) in [5.41, 5.74) is 1.49. The molecule has 0 spiro atoms. The maximum Gasteiger partial charge on any atom is 0.245 e. The molecule has 0 aliphatic rings. The van der Waals surface area contributed by atoms with Crippen molar-refractivity contribution in [1.82, 2.24) is 14.7 Å². The molecule has 3 rings (SSSR count). The van der Waals surface area contributed by atoms with Crippen LogP contribution in [0, 0.1) is 5.92 Å². The average Bonchev–Trinajstić information content (AvgIpc) is 3.02. The molecule has 142 valence electrons. The van der Waals surface area contributed by atoms with Crippen LogP contribution in [0.25, 0.3) is 11.0 Å². The van der Waals surface area contributed by atoms with Crippen molar-refractivity contribution in [1.29, 1.82) is 0 Å². The number of anilines is 1. The summed E-state index contributed by atoms with van der Waals surface area (Å²) in [5.74, 6) is -0.473. The summed E-state index contributed by atoms with van der Waals surface area (Å²) in [5, 5.41) is 2.66. The smallest absolute Gasteiger partial charge is 0.245 e. The Kier molecular flexibility index (Phi) is 5.64. The molecule has 0 bridgehead atoms. The molecule has 27 heavy (non-hydrogen) atoms. The van der Waals surface area contributed by atoms with Crippen molar-refractivity contribution in [2.75, 3.05) is 5.32 Å². The lowest BCUT2D eigenvalue weighted by Gasteiger charge is -2.21. The lowest BCUT2D eigenvalue weighted by molar-refractivity contribution is -0.118. The van der Waals surface area contributed by atoms with Crippen molar-refractivity contribution in [3.8, 4) is 0 Å². The van der Waals surface area contributed by atoms with Gasteiger partial charge in [-0.3, -0.25) is 10.1 Å². The predicted octanol–water partition coefficient (Wildman–Crippen LogP) is 3.27. The number of hydrogen-bond acceptors (Lipinski definition) is 4. The zero-order valence-electron chi connectivity index (χ0n) is 14.7. The first-order valence-corrected chi connectivity index (χ1v) is 10.6. The number of nitrogens with one attached hydrogen (secondary N) is 3. The largest absolute Gasteiger partial charge is 0.324 e. The number of halogens is 1. The van der Waals surface area contributed by atoms with Crippen molar-refractivity contribution >= 4 is 48.8 Å². The van der Waals surface area contributed by atoms with E-state index >= 15 is 0 Å². The Morgan fingerprint density at radius 2 is 1.78 bits per heavy atom. The van der Waals surface area contributed by atoms with Gasteiger partial charge in [-0.15, -0.1) is 0 Å². The number of rotatable bonds is 6. The van der Waals surface area contributed by atoms with Crippen LogP contribution in [0.5, 0.6) is 0 Å². The number of para-hydroxylation sites is 2. The highest BCUT2D eigenvalue weighted by Gasteiger charge is 2.29. The fourth-order valence-corrected chi connectivity index (χ4v) is 4.16. The molecule has 7 nitrogen and oxygen atoms in total. The molecular formula is C18H19BrN4O3S. The van der Waals surface area contributed by atoms with Crippen LogP contribution in [-0.4, -0.2) is 30.3 Å². The molecule has 1 amide bonds. The molecule has 0 unspecified atom stereocenters. The Bertz CT molecular complexity index is 1030. The summed E-state index contributed by atoms with van der Waals surface area (Å²) in [7, 11) is -3.85. The van der Waals surface area contributed by atoms with E-state index in [-0.39, 0.29) is 16.8 Å². The van der Waals surface area contributed by atoms with Gasteiger partial charge in [0.15, 0.2) is 0 Å². The quantitative estimate of drug-likeness (QED) is 0.535. The second-order valence-electron chi connectivity index (χ2n) is 6.39. The number of benzene rings is 2. The Balaban J connectivity index is 1.79. The van der Waals surface area contributed by atoms with Gasteiger partial charge < -0.3 is 4.98 Å². The summed E-state index contributed by atoms with van der Waals surface area (Å²) in [4.78, 5) is 20.1. The molecule has 9 heteroatoms. The van der Waals surface area contributed by atoms with Crippen LogP contribution in [-0.2, 0) is 14.8 Å². The lowest BCUT2D eigenvalue weighted by Crippen LogP contribution is -2.47. The molecule has 0 aliphatic carbocycles. The van der Waals surface area contributed by atoms with E-state index < -0.39 is 22.0 Å². The Morgan fingerprint density at radius 1 is 1.11 bits per heavy atom. The van der Waals surface area contributed by atoms with Crippen molar-refractivity contribution in [3.05, 3.63) is 53.0 Å². The standard InChI is InChI=1S/C18H19BrN4O3S/c1-11(2)16(23-27(25,26)13-9-7-12(19)8-10-13)17(24)22-18-20-14-5-3-4-6-15(14)21-18/h3-11,16,23H,1-2H3,(H2,20,21,22,24)/t16-/m0/s1. The third kappa shape index (κ3) is 4.55. The summed E-state index contributed by atoms with van der Waals surface area (Å²) >= 11 is 3.27. The fourth-order valence-electron chi connectivity index (χ4n) is 2.55. The monoisotopic (exact) mass is 450 g/mol. The van der Waals surface area contributed by atoms with E-state index in [1.54, 1.807) is 26.0 Å². The van der Waals surface area contributed by atoms with E-state index in [4.69, 9.17) is 0 Å². The van der Waals surface area contributed by atoms with E-state index in [2.05, 4.69) is 35.9 Å². The predicted molar refractivity (Wildman–Crippen MR) is 108 cm³/mol. The van der Waals surface area contributed by atoms with Gasteiger partial charge in [-0.05, 0) is 42.3 Å². The highest BCUT2D eigenvalue weighted by molar-refractivity contribution is 9.10. The third-order valence-electron chi connectivity index (χ3n) is 3.99. The molecular weight excluding hydrogens is 432 g/mol. The van der Waals surface area contributed by atoms with Gasteiger partial charge in [0.25, 0.3) is 0 Å². The zero-order valence-corrected chi connectivity index (χ0v) is 17.1. The van der Waals surface area contributed by atoms with Gasteiger partial charge >= 0.3 is 0 Å². The van der Waals surface area contributed by atoms with Gasteiger partial charge in [0.2, 0.25) is 21.9 Å². The first-order chi connectivity index (χ1) is 12.8. The lowest BCUT2D eigenvalue weighted by atomic mass is 10.1. The number of aromatic amines is 1. The zero-order chi connectivity index (χ0) is 19.6. The van der Waals surface area contributed by atoms with Gasteiger partial charge in [-0.25, -0.2) is 13.4 Å². The number of fused-ring (bicyclic) bond motifs is 1. The van der Waals surface area contributed by atoms with Crippen LogP contribution in [0.1, 0.15) is 13.8 Å². The number of imidazole rings is 1. The highest BCUT2D eigenvalue weighted by Crippen LogP contribution is 2.17. The highest BCUT2D eigenvalue weighted by atomic mass is 79.9. The number of amides is 1. The number of nitrogens with zero attached hydrogens (tertiary/aromatic N) is 1. The molecule has 3 N–H and O–H groups in total. The minimum absolute atomic E-state index is 0.0906. The Hall–Kier alpha value is -2.23. The molecule has 0 saturated heterocycles. The summed E-state index contributed by atoms with van der Waals surface area (Å²) < 4.78 is 28.5. The van der Waals surface area contributed by atoms with Crippen molar-refractivity contribution in [2.45, 2.75) is 24.8 Å². The molecule has 1 atom stereocenters. The maximum absolute atomic E-state index is 12.7. The van der Waals surface area contributed by atoms with Crippen molar-refractivity contribution < 1.29 is 13.2 Å². The number of carbonyl (C=O) groups is 1. The summed E-state index contributed by atoms with van der Waals surface area (Å²) in [6, 6.07) is 12.6. The second-order valence-corrected chi connectivity index (χ2v) is 9.02. The van der Waals surface area contributed by atoms with Gasteiger partial charge in [-0.2, -0.15) is 4.72 Å². The first-order valence-electron chi connectivity index (χ1n) is 8.30. The molecule has 3 aromatic rings. The molecule has 0 fully saturated rings. The van der Waals surface area contributed by atoms with E-state index in [1.165, 1.54) is 12.1 Å². The number of carbonyl (C=O) groups excluding carboxylic acids is 1.